The van der Waals surface area contributed by atoms with Crippen molar-refractivity contribution < 1.29 is 14.3 Å². The van der Waals surface area contributed by atoms with E-state index in [1.54, 1.807) is 34.8 Å². The molecule has 11 nitrogen and oxygen atoms in total. The van der Waals surface area contributed by atoms with Crippen LogP contribution in [-0.4, -0.2) is 67.5 Å². The molecule has 0 atom stereocenters. The number of anilines is 2. The van der Waals surface area contributed by atoms with Gasteiger partial charge in [0.25, 0.3) is 5.91 Å². The van der Waals surface area contributed by atoms with Crippen molar-refractivity contribution in [2.75, 3.05) is 36.4 Å². The molecule has 30 heavy (non-hydrogen) atoms. The summed E-state index contributed by atoms with van der Waals surface area (Å²) in [4.78, 5) is 33.3. The number of nitrogens with one attached hydrogen (secondary N) is 1. The Hall–Kier alpha value is -3.63. The molecule has 2 aliphatic heterocycles. The molecule has 11 heteroatoms. The number of amides is 2. The Morgan fingerprint density at radius 1 is 1.10 bits per heavy atom. The number of fused-ring (bicyclic) bond motifs is 1. The standard InChI is InChI=1S/C19H22N8O3/c1-24-17(14(11-20-24)16(28)25-9-4-10-25)30-19(29)21-13-5-6-15-22-18(23-27(15)12-13)26-7-2-3-8-26/h5-6,11-12H,2-4,7-10H2,1H3,(H,21,29). The lowest BCUT2D eigenvalue weighted by Gasteiger charge is -2.30. The molecule has 2 saturated heterocycles. The Kier molecular flexibility index (Phi) is 4.49. The van der Waals surface area contributed by atoms with Crippen LogP contribution in [0.5, 0.6) is 5.88 Å². The predicted molar refractivity (Wildman–Crippen MR) is 108 cm³/mol. The average Bonchev–Trinajstić information content (AvgIpc) is 3.40. The number of aryl methyl sites for hydroxylation is 1. The molecule has 0 aliphatic carbocycles. The van der Waals surface area contributed by atoms with Gasteiger partial charge in [0, 0.05) is 33.2 Å². The molecule has 3 aromatic rings. The fourth-order valence-corrected chi connectivity index (χ4v) is 3.61. The van der Waals surface area contributed by atoms with Gasteiger partial charge in [0.05, 0.1) is 18.1 Å². The van der Waals surface area contributed by atoms with Crippen molar-refractivity contribution in [3.8, 4) is 5.88 Å². The topological polar surface area (TPSA) is 110 Å². The predicted octanol–water partition coefficient (Wildman–Crippen LogP) is 1.52. The highest BCUT2D eigenvalue weighted by molar-refractivity contribution is 5.98. The lowest BCUT2D eigenvalue weighted by molar-refractivity contribution is 0.0649. The second-order valence-electron chi connectivity index (χ2n) is 7.47. The van der Waals surface area contributed by atoms with Crippen LogP contribution < -0.4 is 15.0 Å². The first-order chi connectivity index (χ1) is 14.6. The van der Waals surface area contributed by atoms with Gasteiger partial charge in [-0.1, -0.05) is 0 Å². The monoisotopic (exact) mass is 410 g/mol. The summed E-state index contributed by atoms with van der Waals surface area (Å²) < 4.78 is 8.41. The van der Waals surface area contributed by atoms with Crippen LogP contribution in [0.15, 0.2) is 24.5 Å². The van der Waals surface area contributed by atoms with Gasteiger partial charge < -0.3 is 14.5 Å². The lowest BCUT2D eigenvalue weighted by atomic mass is 10.2. The summed E-state index contributed by atoms with van der Waals surface area (Å²) in [6, 6.07) is 3.51. The molecule has 0 spiro atoms. The van der Waals surface area contributed by atoms with Crippen LogP contribution in [-0.2, 0) is 7.05 Å². The fraction of sp³-hybridized carbons (Fsp3) is 0.421. The normalized spacial score (nSPS) is 16.0. The summed E-state index contributed by atoms with van der Waals surface area (Å²) in [5.41, 5.74) is 1.47. The Balaban J connectivity index is 1.30. The maximum Gasteiger partial charge on any atom is 0.418 e. The van der Waals surface area contributed by atoms with E-state index in [2.05, 4.69) is 25.4 Å². The first-order valence-corrected chi connectivity index (χ1v) is 10.00. The van der Waals surface area contributed by atoms with Gasteiger partial charge in [-0.25, -0.2) is 14.0 Å². The van der Waals surface area contributed by atoms with E-state index in [1.165, 1.54) is 10.9 Å². The highest BCUT2D eigenvalue weighted by atomic mass is 16.6. The molecule has 0 radical (unpaired) electrons. The molecule has 2 amide bonds. The Morgan fingerprint density at radius 3 is 2.63 bits per heavy atom. The minimum atomic E-state index is -0.713. The van der Waals surface area contributed by atoms with Gasteiger partial charge in [0.15, 0.2) is 5.65 Å². The number of pyridine rings is 1. The maximum absolute atomic E-state index is 12.5. The van der Waals surface area contributed by atoms with Crippen molar-refractivity contribution in [2.24, 2.45) is 7.05 Å². The molecule has 1 N–H and O–H groups in total. The summed E-state index contributed by atoms with van der Waals surface area (Å²) in [7, 11) is 1.62. The van der Waals surface area contributed by atoms with E-state index in [9.17, 15) is 9.59 Å². The van der Waals surface area contributed by atoms with E-state index >= 15 is 0 Å². The molecule has 156 valence electrons. The van der Waals surface area contributed by atoms with Crippen LogP contribution >= 0.6 is 0 Å². The van der Waals surface area contributed by atoms with Crippen molar-refractivity contribution in [2.45, 2.75) is 19.3 Å². The first-order valence-electron chi connectivity index (χ1n) is 10.00. The third-order valence-electron chi connectivity index (χ3n) is 5.40. The summed E-state index contributed by atoms with van der Waals surface area (Å²) >= 11 is 0. The number of carbonyl (C=O) groups excluding carboxylic acids is 2. The third-order valence-corrected chi connectivity index (χ3v) is 5.40. The Labute approximate surface area is 172 Å². The smallest absolute Gasteiger partial charge is 0.390 e. The van der Waals surface area contributed by atoms with Gasteiger partial charge in [0.2, 0.25) is 11.8 Å². The highest BCUT2D eigenvalue weighted by Gasteiger charge is 2.28. The van der Waals surface area contributed by atoms with Crippen LogP contribution in [0.4, 0.5) is 16.4 Å². The number of aromatic nitrogens is 5. The number of likely N-dealkylation sites (tertiary alicyclic amines) is 1. The van der Waals surface area contributed by atoms with Crippen LogP contribution in [0.1, 0.15) is 29.6 Å². The zero-order valence-electron chi connectivity index (χ0n) is 16.6. The second-order valence-corrected chi connectivity index (χ2v) is 7.47. The van der Waals surface area contributed by atoms with Gasteiger partial charge in [0.1, 0.15) is 5.56 Å². The number of rotatable bonds is 4. The van der Waals surface area contributed by atoms with Gasteiger partial charge in [-0.15, -0.1) is 5.10 Å². The minimum absolute atomic E-state index is 0.113. The largest absolute Gasteiger partial charge is 0.418 e. The zero-order valence-corrected chi connectivity index (χ0v) is 16.6. The number of nitrogens with zero attached hydrogens (tertiary/aromatic N) is 7. The Bertz CT molecular complexity index is 1110. The number of carbonyl (C=O) groups is 2. The minimum Gasteiger partial charge on any atom is -0.390 e. The van der Waals surface area contributed by atoms with Crippen molar-refractivity contribution in [1.29, 1.82) is 0 Å². The number of hydrogen-bond donors (Lipinski definition) is 1. The van der Waals surface area contributed by atoms with Gasteiger partial charge >= 0.3 is 6.09 Å². The zero-order chi connectivity index (χ0) is 20.7. The van der Waals surface area contributed by atoms with E-state index < -0.39 is 6.09 Å². The SMILES string of the molecule is Cn1ncc(C(=O)N2CCC2)c1OC(=O)Nc1ccc2nc(N3CCCC3)nn2c1. The van der Waals surface area contributed by atoms with E-state index in [-0.39, 0.29) is 17.4 Å². The number of hydrogen-bond acceptors (Lipinski definition) is 7. The summed E-state index contributed by atoms with van der Waals surface area (Å²) in [6.45, 7) is 3.32. The molecular formula is C19H22N8O3. The molecule has 3 aromatic heterocycles. The maximum atomic E-state index is 12.5. The molecule has 0 aromatic carbocycles. The first kappa shape index (κ1) is 18.4. The third kappa shape index (κ3) is 3.31. The molecule has 5 rings (SSSR count). The van der Waals surface area contributed by atoms with Crippen molar-refractivity contribution in [3.63, 3.8) is 0 Å². The second kappa shape index (κ2) is 7.32. The Morgan fingerprint density at radius 2 is 1.90 bits per heavy atom. The summed E-state index contributed by atoms with van der Waals surface area (Å²) in [5.74, 6) is 0.620. The van der Waals surface area contributed by atoms with Gasteiger partial charge in [-0.05, 0) is 31.4 Å². The molecule has 0 bridgehead atoms. The number of ether oxygens (including phenoxy) is 1. The van der Waals surface area contributed by atoms with Gasteiger partial charge in [-0.2, -0.15) is 10.1 Å². The molecule has 5 heterocycles. The summed E-state index contributed by atoms with van der Waals surface area (Å²) in [6.07, 6.45) is 5.65. The molecule has 0 unspecified atom stereocenters. The molecule has 0 saturated carbocycles. The van der Waals surface area contributed by atoms with E-state index in [1.807, 2.05) is 0 Å². The van der Waals surface area contributed by atoms with Crippen LogP contribution in [0, 0.1) is 0 Å². The fourth-order valence-electron chi connectivity index (χ4n) is 3.61. The molecule has 2 aliphatic rings. The van der Waals surface area contributed by atoms with Crippen molar-refractivity contribution in [3.05, 3.63) is 30.1 Å². The van der Waals surface area contributed by atoms with E-state index in [4.69, 9.17) is 4.74 Å². The van der Waals surface area contributed by atoms with E-state index in [0.717, 1.165) is 32.4 Å². The average molecular weight is 410 g/mol. The van der Waals surface area contributed by atoms with Crippen molar-refractivity contribution >= 4 is 29.3 Å². The lowest BCUT2D eigenvalue weighted by Crippen LogP contribution is -2.42. The van der Waals surface area contributed by atoms with Crippen LogP contribution in [0.3, 0.4) is 0 Å². The highest BCUT2D eigenvalue weighted by Crippen LogP contribution is 2.23. The van der Waals surface area contributed by atoms with Crippen LogP contribution in [0.25, 0.3) is 5.65 Å². The molecular weight excluding hydrogens is 388 g/mol. The van der Waals surface area contributed by atoms with Gasteiger partial charge in [-0.3, -0.25) is 10.1 Å². The quantitative estimate of drug-likeness (QED) is 0.694. The van der Waals surface area contributed by atoms with Crippen molar-refractivity contribution in [1.82, 2.24) is 29.3 Å². The summed E-state index contributed by atoms with van der Waals surface area (Å²) in [5, 5.41) is 11.2. The van der Waals surface area contributed by atoms with Crippen LogP contribution in [0.2, 0.25) is 0 Å². The molecule has 2 fully saturated rings. The van der Waals surface area contributed by atoms with E-state index in [0.29, 0.717) is 30.4 Å².